The minimum Gasteiger partial charge on any atom is -0.459 e. The average molecular weight is 779 g/mol. The third kappa shape index (κ3) is 12.2. The van der Waals surface area contributed by atoms with Crippen LogP contribution in [0.25, 0.3) is 10.8 Å². The highest BCUT2D eigenvalue weighted by Gasteiger charge is 2.27. The molecule has 0 amide bonds. The van der Waals surface area contributed by atoms with Crippen LogP contribution in [-0.4, -0.2) is 36.1 Å². The molecule has 6 rings (SSSR count). The van der Waals surface area contributed by atoms with E-state index in [1.165, 1.54) is 23.3 Å². The van der Waals surface area contributed by atoms with Crippen LogP contribution in [0.4, 0.5) is 4.39 Å². The van der Waals surface area contributed by atoms with Gasteiger partial charge in [-0.1, -0.05) is 57.0 Å². The van der Waals surface area contributed by atoms with Crippen LogP contribution in [-0.2, 0) is 31.9 Å². The molecule has 0 saturated heterocycles. The van der Waals surface area contributed by atoms with Gasteiger partial charge in [-0.3, -0.25) is 9.59 Å². The molecule has 2 aliphatic rings. The Morgan fingerprint density at radius 2 is 1.04 bits per heavy atom. The Balaban J connectivity index is 0.880. The van der Waals surface area contributed by atoms with Crippen molar-refractivity contribution in [1.82, 2.24) is 0 Å². The summed E-state index contributed by atoms with van der Waals surface area (Å²) in [7, 11) is 0. The van der Waals surface area contributed by atoms with Gasteiger partial charge in [0.1, 0.15) is 18.0 Å². The highest BCUT2D eigenvalue weighted by Crippen LogP contribution is 2.33. The standard InChI is InChI=1S/C48H55FO8/c1-3-5-32-7-17-36(18-8-32)47(52)55-40-22-11-34(12-23-40)15-27-45(50)54-42-26-21-38-31-44(43(49)30-39(38)29-42)57-46(51)28-16-35-13-24-41(25-14-35)56-48(53)37-19-9-33(6-4-2)10-20-37/h7-10,17-21,26,29-31,34-35,40-41H,3-6,11-16,22-25,27-28H2,1-2H3. The Morgan fingerprint density at radius 3 is 1.51 bits per heavy atom. The smallest absolute Gasteiger partial charge is 0.338 e. The van der Waals surface area contributed by atoms with Gasteiger partial charge in [-0.15, -0.1) is 0 Å². The molecule has 0 unspecified atom stereocenters. The van der Waals surface area contributed by atoms with Crippen LogP contribution < -0.4 is 9.47 Å². The molecule has 0 radical (unpaired) electrons. The number of carbonyl (C=O) groups is 4. The number of ether oxygens (including phenoxy) is 4. The lowest BCUT2D eigenvalue weighted by molar-refractivity contribution is -0.135. The minimum atomic E-state index is -0.673. The predicted molar refractivity (Wildman–Crippen MR) is 217 cm³/mol. The van der Waals surface area contributed by atoms with Gasteiger partial charge in [-0.25, -0.2) is 14.0 Å². The van der Waals surface area contributed by atoms with Crippen molar-refractivity contribution in [2.24, 2.45) is 11.8 Å². The van der Waals surface area contributed by atoms with Crippen molar-refractivity contribution < 1.29 is 42.5 Å². The number of aryl methyl sites for hydroxylation is 2. The average Bonchev–Trinajstić information content (AvgIpc) is 3.21. The Kier molecular flexibility index (Phi) is 14.9. The van der Waals surface area contributed by atoms with Gasteiger partial charge in [-0.2, -0.15) is 0 Å². The molecule has 2 fully saturated rings. The summed E-state index contributed by atoms with van der Waals surface area (Å²) in [5.74, 6) is -1.29. The third-order valence-electron chi connectivity index (χ3n) is 11.4. The molecule has 0 aromatic heterocycles. The van der Waals surface area contributed by atoms with E-state index in [1.807, 2.05) is 48.5 Å². The van der Waals surface area contributed by atoms with Crippen molar-refractivity contribution in [2.45, 2.75) is 129 Å². The molecule has 0 heterocycles. The number of fused-ring (bicyclic) bond motifs is 1. The zero-order valence-corrected chi connectivity index (χ0v) is 33.3. The molecule has 0 aliphatic heterocycles. The first kappa shape index (κ1) is 41.6. The lowest BCUT2D eigenvalue weighted by atomic mass is 9.84. The molecular formula is C48H55FO8. The van der Waals surface area contributed by atoms with E-state index in [0.29, 0.717) is 52.3 Å². The van der Waals surface area contributed by atoms with Crippen LogP contribution in [0.2, 0.25) is 0 Å². The van der Waals surface area contributed by atoms with E-state index in [2.05, 4.69) is 13.8 Å². The maximum atomic E-state index is 15.1. The third-order valence-corrected chi connectivity index (χ3v) is 11.4. The van der Waals surface area contributed by atoms with E-state index in [9.17, 15) is 19.2 Å². The summed E-state index contributed by atoms with van der Waals surface area (Å²) in [5.41, 5.74) is 3.55. The summed E-state index contributed by atoms with van der Waals surface area (Å²) in [5, 5.41) is 1.17. The zero-order valence-electron chi connectivity index (χ0n) is 33.3. The van der Waals surface area contributed by atoms with Gasteiger partial charge in [0, 0.05) is 12.8 Å². The quantitative estimate of drug-likeness (QED) is 0.0818. The Bertz CT molecular complexity index is 1970. The Hall–Kier alpha value is -5.05. The molecule has 9 heteroatoms. The first-order valence-corrected chi connectivity index (χ1v) is 20.9. The summed E-state index contributed by atoms with van der Waals surface area (Å²) in [6.07, 6.45) is 12.0. The molecule has 2 aliphatic carbocycles. The Morgan fingerprint density at radius 1 is 0.561 bits per heavy atom. The number of carbonyl (C=O) groups excluding carboxylic acids is 4. The number of esters is 4. The van der Waals surface area contributed by atoms with E-state index >= 15 is 4.39 Å². The monoisotopic (exact) mass is 778 g/mol. The largest absolute Gasteiger partial charge is 0.459 e. The second kappa shape index (κ2) is 20.4. The predicted octanol–water partition coefficient (Wildman–Crippen LogP) is 11.1. The van der Waals surface area contributed by atoms with Crippen LogP contribution in [0.3, 0.4) is 0 Å². The van der Waals surface area contributed by atoms with Crippen LogP contribution in [0.15, 0.2) is 78.9 Å². The summed E-state index contributed by atoms with van der Waals surface area (Å²) < 4.78 is 37.7. The van der Waals surface area contributed by atoms with E-state index in [4.69, 9.17) is 18.9 Å². The maximum absolute atomic E-state index is 15.1. The molecule has 4 aromatic carbocycles. The molecule has 2 saturated carbocycles. The number of hydrogen-bond donors (Lipinski definition) is 0. The van der Waals surface area contributed by atoms with Crippen molar-refractivity contribution in [3.63, 3.8) is 0 Å². The molecule has 4 aromatic rings. The number of rotatable bonds is 16. The molecule has 8 nitrogen and oxygen atoms in total. The summed E-state index contributed by atoms with van der Waals surface area (Å²) in [4.78, 5) is 50.7. The van der Waals surface area contributed by atoms with E-state index in [0.717, 1.165) is 77.0 Å². The fourth-order valence-corrected chi connectivity index (χ4v) is 8.08. The maximum Gasteiger partial charge on any atom is 0.338 e. The normalized spacial score (nSPS) is 19.4. The summed E-state index contributed by atoms with van der Waals surface area (Å²) in [6.45, 7) is 4.25. The van der Waals surface area contributed by atoms with Gasteiger partial charge in [0.25, 0.3) is 0 Å². The van der Waals surface area contributed by atoms with Crippen molar-refractivity contribution in [3.8, 4) is 11.5 Å². The van der Waals surface area contributed by atoms with Crippen molar-refractivity contribution in [2.75, 3.05) is 0 Å². The molecular weight excluding hydrogens is 724 g/mol. The molecule has 0 bridgehead atoms. The summed E-state index contributed by atoms with van der Waals surface area (Å²) in [6, 6.07) is 23.0. The number of hydrogen-bond acceptors (Lipinski definition) is 8. The molecule has 57 heavy (non-hydrogen) atoms. The molecule has 302 valence electrons. The topological polar surface area (TPSA) is 105 Å². The van der Waals surface area contributed by atoms with Crippen molar-refractivity contribution in [3.05, 3.63) is 107 Å². The second-order valence-electron chi connectivity index (χ2n) is 15.8. The fraction of sp³-hybridized carbons (Fsp3) is 0.458. The molecule has 0 N–H and O–H groups in total. The van der Waals surface area contributed by atoms with Crippen molar-refractivity contribution in [1.29, 1.82) is 0 Å². The lowest BCUT2D eigenvalue weighted by Crippen LogP contribution is -2.25. The van der Waals surface area contributed by atoms with Gasteiger partial charge in [0.05, 0.1) is 11.1 Å². The zero-order chi connectivity index (χ0) is 40.1. The molecule has 0 spiro atoms. The van der Waals surface area contributed by atoms with Gasteiger partial charge in [0.2, 0.25) is 0 Å². The second-order valence-corrected chi connectivity index (χ2v) is 15.8. The van der Waals surface area contributed by atoms with E-state index in [-0.39, 0.29) is 48.7 Å². The van der Waals surface area contributed by atoms with E-state index < -0.39 is 11.8 Å². The number of benzene rings is 4. The Labute approximate surface area is 335 Å². The molecule has 0 atom stereocenters. The number of halogens is 1. The first-order chi connectivity index (χ1) is 27.6. The fourth-order valence-electron chi connectivity index (χ4n) is 8.08. The highest BCUT2D eigenvalue weighted by atomic mass is 19.1. The van der Waals surface area contributed by atoms with E-state index in [1.54, 1.807) is 18.2 Å². The van der Waals surface area contributed by atoms with Gasteiger partial charge in [0.15, 0.2) is 11.6 Å². The first-order valence-electron chi connectivity index (χ1n) is 20.9. The van der Waals surface area contributed by atoms with Gasteiger partial charge < -0.3 is 18.9 Å². The van der Waals surface area contributed by atoms with Crippen LogP contribution in [0.1, 0.15) is 136 Å². The van der Waals surface area contributed by atoms with Gasteiger partial charge in [-0.05, 0) is 159 Å². The highest BCUT2D eigenvalue weighted by molar-refractivity contribution is 5.90. The van der Waals surface area contributed by atoms with Crippen LogP contribution in [0, 0.1) is 17.7 Å². The van der Waals surface area contributed by atoms with Gasteiger partial charge >= 0.3 is 23.9 Å². The van der Waals surface area contributed by atoms with Crippen molar-refractivity contribution >= 4 is 34.6 Å². The van der Waals surface area contributed by atoms with Crippen LogP contribution >= 0.6 is 0 Å². The summed E-state index contributed by atoms with van der Waals surface area (Å²) >= 11 is 0. The van der Waals surface area contributed by atoms with Crippen LogP contribution in [0.5, 0.6) is 11.5 Å². The minimum absolute atomic E-state index is 0.117. The SMILES string of the molecule is CCCc1ccc(C(=O)OC2CCC(CCC(=O)Oc3ccc4cc(OC(=O)CCC5CCC(OC(=O)c6ccc(CCC)cc6)CC5)c(F)cc4c3)CC2)cc1. The lowest BCUT2D eigenvalue weighted by Gasteiger charge is -2.28.